The molecule has 0 aliphatic heterocycles. The van der Waals surface area contributed by atoms with Gasteiger partial charge in [0.2, 0.25) is 0 Å². The molecule has 37 heavy (non-hydrogen) atoms. The number of benzene rings is 1. The number of H-pyrrole nitrogens is 1. The Hall–Kier alpha value is -4.75. The molecular weight excluding hydrogens is 488 g/mol. The molecule has 0 fully saturated rings. The fourth-order valence-corrected chi connectivity index (χ4v) is 2.87. The average Bonchev–Trinajstić information content (AvgIpc) is 3.24. The summed E-state index contributed by atoms with van der Waals surface area (Å²) in [4.78, 5) is 46.2. The number of rotatable bonds is 10. The molecule has 1 aromatic carbocycles. The van der Waals surface area contributed by atoms with E-state index in [1.165, 1.54) is 5.39 Å². The van der Waals surface area contributed by atoms with Crippen LogP contribution in [0.3, 0.4) is 0 Å². The zero-order valence-corrected chi connectivity index (χ0v) is 19.8. The van der Waals surface area contributed by atoms with Crippen molar-refractivity contribution in [2.75, 3.05) is 31.6 Å². The summed E-state index contributed by atoms with van der Waals surface area (Å²) in [6.45, 7) is 4.41. The lowest BCUT2D eigenvalue weighted by Gasteiger charge is -2.09. The number of anilines is 1. The SMILES string of the molecule is Cc1cnc(NCCNCCO)c2c1[nH]c1ccccc12.O=C(O)/C=C\C(=O)O.O=C(O)/C=C\C(=O)O. The van der Waals surface area contributed by atoms with Crippen molar-refractivity contribution in [3.05, 3.63) is 60.3 Å². The smallest absolute Gasteiger partial charge is 0.328 e. The number of pyridine rings is 1. The predicted molar refractivity (Wildman–Crippen MR) is 136 cm³/mol. The first kappa shape index (κ1) is 30.3. The molecular formula is C24H28N4O9. The van der Waals surface area contributed by atoms with Crippen LogP contribution in [0, 0.1) is 6.92 Å². The second-order valence-corrected chi connectivity index (χ2v) is 7.13. The van der Waals surface area contributed by atoms with Gasteiger partial charge in [0.25, 0.3) is 0 Å². The Balaban J connectivity index is 0.000000355. The Morgan fingerprint density at radius 1 is 0.865 bits per heavy atom. The summed E-state index contributed by atoms with van der Waals surface area (Å²) in [5, 5.41) is 48.9. The molecule has 3 rings (SSSR count). The molecule has 0 spiro atoms. The van der Waals surface area contributed by atoms with Gasteiger partial charge in [0, 0.05) is 66.4 Å². The monoisotopic (exact) mass is 516 g/mol. The minimum absolute atomic E-state index is 0.162. The zero-order valence-electron chi connectivity index (χ0n) is 19.8. The first-order valence-electron chi connectivity index (χ1n) is 10.8. The summed E-state index contributed by atoms with van der Waals surface area (Å²) < 4.78 is 0. The molecule has 0 radical (unpaired) electrons. The standard InChI is InChI=1S/C16H20N4O.2C4H4O4/c1-11-10-19-16(18-7-6-17-8-9-21)14-12-4-2-3-5-13(12)20-15(11)14;2*5-3(6)1-2-4(7)8/h2-5,10,17,20-21H,6-9H2,1H3,(H,18,19);2*1-2H,(H,5,6)(H,7,8)/b;2*2-1-. The number of nitrogens with one attached hydrogen (secondary N) is 3. The average molecular weight is 517 g/mol. The van der Waals surface area contributed by atoms with Crippen LogP contribution in [0.5, 0.6) is 0 Å². The molecule has 0 unspecified atom stereocenters. The molecule has 13 nitrogen and oxygen atoms in total. The fraction of sp³-hybridized carbons (Fsp3) is 0.208. The number of carboxylic acids is 4. The predicted octanol–water partition coefficient (Wildman–Crippen LogP) is 1.44. The Kier molecular flexibility index (Phi) is 13.1. The first-order chi connectivity index (χ1) is 17.6. The Morgan fingerprint density at radius 3 is 1.92 bits per heavy atom. The number of carbonyl (C=O) groups is 4. The van der Waals surface area contributed by atoms with Crippen molar-refractivity contribution < 1.29 is 44.7 Å². The van der Waals surface area contributed by atoms with Crippen LogP contribution < -0.4 is 10.6 Å². The second-order valence-electron chi connectivity index (χ2n) is 7.13. The molecule has 8 N–H and O–H groups in total. The number of fused-ring (bicyclic) bond motifs is 3. The number of aliphatic hydroxyl groups is 1. The quantitative estimate of drug-likeness (QED) is 0.142. The Morgan fingerprint density at radius 2 is 1.41 bits per heavy atom. The zero-order chi connectivity index (χ0) is 27.8. The van der Waals surface area contributed by atoms with Crippen LogP contribution in [-0.4, -0.2) is 85.6 Å². The van der Waals surface area contributed by atoms with Gasteiger partial charge >= 0.3 is 23.9 Å². The molecule has 0 bridgehead atoms. The Labute approximate surface area is 210 Å². The lowest BCUT2D eigenvalue weighted by molar-refractivity contribution is -0.134. The van der Waals surface area contributed by atoms with Crippen LogP contribution in [0.15, 0.2) is 54.8 Å². The van der Waals surface area contributed by atoms with Crippen LogP contribution in [-0.2, 0) is 19.2 Å². The van der Waals surface area contributed by atoms with Gasteiger partial charge in [0.1, 0.15) is 5.82 Å². The van der Waals surface area contributed by atoms with Crippen molar-refractivity contribution in [3.8, 4) is 0 Å². The summed E-state index contributed by atoms with van der Waals surface area (Å²) in [6, 6.07) is 8.28. The van der Waals surface area contributed by atoms with E-state index in [4.69, 9.17) is 25.5 Å². The maximum absolute atomic E-state index is 9.55. The van der Waals surface area contributed by atoms with E-state index in [0.717, 1.165) is 40.9 Å². The number of aliphatic carboxylic acids is 4. The fourth-order valence-electron chi connectivity index (χ4n) is 2.87. The van der Waals surface area contributed by atoms with Gasteiger partial charge in [-0.05, 0) is 18.6 Å². The molecule has 0 saturated heterocycles. The number of aryl methyl sites for hydroxylation is 1. The van der Waals surface area contributed by atoms with E-state index in [-0.39, 0.29) is 6.61 Å². The number of aliphatic hydroxyl groups excluding tert-OH is 1. The van der Waals surface area contributed by atoms with Gasteiger partial charge < -0.3 is 41.2 Å². The van der Waals surface area contributed by atoms with Crippen molar-refractivity contribution in [2.45, 2.75) is 6.92 Å². The van der Waals surface area contributed by atoms with E-state index in [2.05, 4.69) is 39.7 Å². The third-order valence-corrected chi connectivity index (χ3v) is 4.34. The normalized spacial score (nSPS) is 10.5. The highest BCUT2D eigenvalue weighted by molar-refractivity contribution is 6.13. The summed E-state index contributed by atoms with van der Waals surface area (Å²) in [7, 11) is 0. The van der Waals surface area contributed by atoms with Crippen molar-refractivity contribution >= 4 is 51.5 Å². The maximum atomic E-state index is 9.55. The summed E-state index contributed by atoms with van der Waals surface area (Å²) >= 11 is 0. The molecule has 0 saturated carbocycles. The summed E-state index contributed by atoms with van der Waals surface area (Å²) in [5.74, 6) is -4.13. The second kappa shape index (κ2) is 16.0. The molecule has 0 aliphatic carbocycles. The number of hydrogen-bond acceptors (Lipinski definition) is 8. The highest BCUT2D eigenvalue weighted by Gasteiger charge is 2.11. The van der Waals surface area contributed by atoms with Crippen LogP contribution in [0.25, 0.3) is 21.8 Å². The van der Waals surface area contributed by atoms with Gasteiger partial charge in [-0.25, -0.2) is 24.2 Å². The third kappa shape index (κ3) is 11.5. The molecule has 0 atom stereocenters. The van der Waals surface area contributed by atoms with Crippen molar-refractivity contribution in [2.24, 2.45) is 0 Å². The molecule has 0 aliphatic rings. The van der Waals surface area contributed by atoms with Gasteiger partial charge in [-0.15, -0.1) is 0 Å². The number of para-hydroxylation sites is 1. The minimum atomic E-state index is -1.26. The third-order valence-electron chi connectivity index (χ3n) is 4.34. The van der Waals surface area contributed by atoms with Crippen LogP contribution >= 0.6 is 0 Å². The molecule has 2 aromatic heterocycles. The molecule has 198 valence electrons. The number of hydrogen-bond donors (Lipinski definition) is 8. The van der Waals surface area contributed by atoms with E-state index in [9.17, 15) is 19.2 Å². The maximum Gasteiger partial charge on any atom is 0.328 e. The van der Waals surface area contributed by atoms with Gasteiger partial charge in [0.05, 0.1) is 12.1 Å². The highest BCUT2D eigenvalue weighted by Crippen LogP contribution is 2.31. The van der Waals surface area contributed by atoms with Crippen LogP contribution in [0.4, 0.5) is 5.82 Å². The van der Waals surface area contributed by atoms with E-state index >= 15 is 0 Å². The molecule has 2 heterocycles. The summed E-state index contributed by atoms with van der Waals surface area (Å²) in [5.41, 5.74) is 3.41. The molecule has 0 amide bonds. The number of carboxylic acid groups (broad SMARTS) is 4. The van der Waals surface area contributed by atoms with Gasteiger partial charge in [-0.2, -0.15) is 0 Å². The Bertz CT molecular complexity index is 1220. The van der Waals surface area contributed by atoms with Gasteiger partial charge in [0.15, 0.2) is 0 Å². The van der Waals surface area contributed by atoms with Crippen molar-refractivity contribution in [1.29, 1.82) is 0 Å². The number of nitrogens with zero attached hydrogens (tertiary/aromatic N) is 1. The highest BCUT2D eigenvalue weighted by atomic mass is 16.4. The van der Waals surface area contributed by atoms with E-state index < -0.39 is 23.9 Å². The minimum Gasteiger partial charge on any atom is -0.478 e. The van der Waals surface area contributed by atoms with Crippen LogP contribution in [0.1, 0.15) is 5.56 Å². The van der Waals surface area contributed by atoms with Crippen LogP contribution in [0.2, 0.25) is 0 Å². The van der Waals surface area contributed by atoms with Gasteiger partial charge in [-0.1, -0.05) is 18.2 Å². The topological polar surface area (TPSA) is 222 Å². The van der Waals surface area contributed by atoms with E-state index in [1.54, 1.807) is 0 Å². The first-order valence-corrected chi connectivity index (χ1v) is 10.8. The van der Waals surface area contributed by atoms with E-state index in [0.29, 0.717) is 30.8 Å². The number of aromatic amines is 1. The molecule has 3 aromatic rings. The lowest BCUT2D eigenvalue weighted by Crippen LogP contribution is -2.25. The summed E-state index contributed by atoms with van der Waals surface area (Å²) in [6.07, 6.45) is 4.12. The lowest BCUT2D eigenvalue weighted by atomic mass is 10.1. The van der Waals surface area contributed by atoms with Crippen molar-refractivity contribution in [3.63, 3.8) is 0 Å². The van der Waals surface area contributed by atoms with Gasteiger partial charge in [-0.3, -0.25) is 0 Å². The van der Waals surface area contributed by atoms with Crippen molar-refractivity contribution in [1.82, 2.24) is 15.3 Å². The van der Waals surface area contributed by atoms with E-state index in [1.807, 2.05) is 18.3 Å². The molecule has 13 heteroatoms. The number of aromatic nitrogens is 2. The largest absolute Gasteiger partial charge is 0.478 e.